The molecule has 1 aliphatic heterocycles. The van der Waals surface area contributed by atoms with E-state index in [9.17, 15) is 29.2 Å². The third-order valence-electron chi connectivity index (χ3n) is 7.07. The lowest BCUT2D eigenvalue weighted by atomic mass is 9.92. The Kier molecular flexibility index (Phi) is 9.56. The normalized spacial score (nSPS) is 17.9. The van der Waals surface area contributed by atoms with Gasteiger partial charge < -0.3 is 30.1 Å². The van der Waals surface area contributed by atoms with Gasteiger partial charge in [-0.1, -0.05) is 86.6 Å². The van der Waals surface area contributed by atoms with Crippen molar-refractivity contribution in [1.29, 1.82) is 0 Å². The van der Waals surface area contributed by atoms with E-state index < -0.39 is 55.6 Å². The lowest BCUT2D eigenvalue weighted by Gasteiger charge is -2.24. The first-order chi connectivity index (χ1) is 19.6. The number of amides is 2. The van der Waals surface area contributed by atoms with Crippen LogP contribution in [0.15, 0.2) is 84.9 Å². The molecule has 0 radical (unpaired) electrons. The smallest absolute Gasteiger partial charge is 0.251 e. The number of benzene rings is 3. The monoisotopic (exact) mass is 578 g/mol. The molecule has 4 rings (SSSR count). The summed E-state index contributed by atoms with van der Waals surface area (Å²) >= 11 is 0. The lowest BCUT2D eigenvalue weighted by molar-refractivity contribution is -0.133. The van der Waals surface area contributed by atoms with E-state index >= 15 is 0 Å². The fourth-order valence-corrected chi connectivity index (χ4v) is 7.32. The summed E-state index contributed by atoms with van der Waals surface area (Å²) in [5, 5.41) is 26.4. The maximum Gasteiger partial charge on any atom is 0.251 e. The molecule has 2 unspecified atom stereocenters. The van der Waals surface area contributed by atoms with E-state index in [1.54, 1.807) is 12.1 Å². The third-order valence-corrected chi connectivity index (χ3v) is 10.2. The van der Waals surface area contributed by atoms with Crippen molar-refractivity contribution in [2.75, 3.05) is 19.8 Å². The Hall–Kier alpha value is -3.62. The van der Waals surface area contributed by atoms with E-state index in [-0.39, 0.29) is 18.1 Å². The number of ether oxygens (including phenoxy) is 1. The SMILES string of the molecule is CC(C)CC(NC(=O)[C@H](CO)NC(=O)c1ccc(P(=O)(c2ccccc2)c2ccccc2)cc1)C(=O)C1(CO)CO1. The van der Waals surface area contributed by atoms with Gasteiger partial charge in [-0.2, -0.15) is 0 Å². The zero-order valence-corrected chi connectivity index (χ0v) is 23.9. The van der Waals surface area contributed by atoms with Crippen LogP contribution < -0.4 is 26.5 Å². The molecule has 0 aromatic heterocycles. The fraction of sp³-hybridized carbons (Fsp3) is 0.323. The van der Waals surface area contributed by atoms with E-state index in [1.807, 2.05) is 74.5 Å². The van der Waals surface area contributed by atoms with Crippen molar-refractivity contribution < 1.29 is 33.9 Å². The van der Waals surface area contributed by atoms with Crippen LogP contribution in [0.1, 0.15) is 30.6 Å². The van der Waals surface area contributed by atoms with Gasteiger partial charge in [0.1, 0.15) is 6.04 Å². The molecular weight excluding hydrogens is 543 g/mol. The van der Waals surface area contributed by atoms with Crippen molar-refractivity contribution in [1.82, 2.24) is 10.6 Å². The molecule has 0 aliphatic carbocycles. The highest BCUT2D eigenvalue weighted by Gasteiger charge is 2.54. The molecule has 0 spiro atoms. The zero-order valence-electron chi connectivity index (χ0n) is 23.0. The molecule has 41 heavy (non-hydrogen) atoms. The van der Waals surface area contributed by atoms with Gasteiger partial charge >= 0.3 is 0 Å². The molecule has 10 heteroatoms. The van der Waals surface area contributed by atoms with Crippen LogP contribution in [0.3, 0.4) is 0 Å². The summed E-state index contributed by atoms with van der Waals surface area (Å²) in [6.07, 6.45) is 0.298. The number of nitrogens with one attached hydrogen (secondary N) is 2. The Morgan fingerprint density at radius 2 is 1.34 bits per heavy atom. The van der Waals surface area contributed by atoms with Crippen molar-refractivity contribution in [2.45, 2.75) is 38.0 Å². The van der Waals surface area contributed by atoms with Gasteiger partial charge in [0.05, 0.1) is 25.9 Å². The van der Waals surface area contributed by atoms with E-state index in [4.69, 9.17) is 4.74 Å². The summed E-state index contributed by atoms with van der Waals surface area (Å²) in [4.78, 5) is 39.0. The molecule has 1 fully saturated rings. The predicted octanol–water partition coefficient (Wildman–Crippen LogP) is 1.28. The number of carbonyl (C=O) groups excluding carboxylic acids is 3. The molecule has 216 valence electrons. The Morgan fingerprint density at radius 1 is 0.829 bits per heavy atom. The van der Waals surface area contributed by atoms with Crippen LogP contribution in [0.25, 0.3) is 0 Å². The Labute approximate surface area is 239 Å². The maximum absolute atomic E-state index is 14.5. The second-order valence-electron chi connectivity index (χ2n) is 10.5. The second-order valence-corrected chi connectivity index (χ2v) is 13.3. The van der Waals surface area contributed by atoms with Crippen LogP contribution in [0, 0.1) is 5.92 Å². The molecule has 1 heterocycles. The first-order valence-corrected chi connectivity index (χ1v) is 15.2. The molecule has 3 aromatic rings. The van der Waals surface area contributed by atoms with Crippen LogP contribution in [-0.2, 0) is 18.9 Å². The van der Waals surface area contributed by atoms with E-state index in [2.05, 4.69) is 10.6 Å². The largest absolute Gasteiger partial charge is 0.394 e. The van der Waals surface area contributed by atoms with Gasteiger partial charge in [0.2, 0.25) is 5.91 Å². The van der Waals surface area contributed by atoms with Crippen LogP contribution in [0.2, 0.25) is 0 Å². The van der Waals surface area contributed by atoms with Crippen molar-refractivity contribution in [3.63, 3.8) is 0 Å². The lowest BCUT2D eigenvalue weighted by Crippen LogP contribution is -2.55. The highest BCUT2D eigenvalue weighted by atomic mass is 31.2. The van der Waals surface area contributed by atoms with Gasteiger partial charge in [0, 0.05) is 21.5 Å². The minimum absolute atomic E-state index is 0.0437. The van der Waals surface area contributed by atoms with Crippen LogP contribution >= 0.6 is 7.14 Å². The van der Waals surface area contributed by atoms with E-state index in [1.165, 1.54) is 12.1 Å². The van der Waals surface area contributed by atoms with Gasteiger partial charge in [-0.25, -0.2) is 0 Å². The minimum Gasteiger partial charge on any atom is -0.394 e. The summed E-state index contributed by atoms with van der Waals surface area (Å²) < 4.78 is 19.7. The van der Waals surface area contributed by atoms with Gasteiger partial charge in [0.25, 0.3) is 5.91 Å². The molecule has 3 atom stereocenters. The molecule has 0 saturated carbocycles. The maximum atomic E-state index is 14.5. The van der Waals surface area contributed by atoms with Crippen LogP contribution in [-0.4, -0.2) is 65.3 Å². The van der Waals surface area contributed by atoms with Gasteiger partial charge in [-0.3, -0.25) is 14.4 Å². The predicted molar refractivity (Wildman–Crippen MR) is 156 cm³/mol. The quantitative estimate of drug-likeness (QED) is 0.177. The number of ketones is 1. The van der Waals surface area contributed by atoms with Gasteiger partial charge in [-0.15, -0.1) is 0 Å². The van der Waals surface area contributed by atoms with Crippen molar-refractivity contribution >= 4 is 40.7 Å². The zero-order chi connectivity index (χ0) is 29.6. The number of aliphatic hydroxyl groups excluding tert-OH is 2. The third kappa shape index (κ3) is 6.66. The van der Waals surface area contributed by atoms with Gasteiger partial charge in [-0.05, 0) is 24.5 Å². The number of hydrogen-bond donors (Lipinski definition) is 4. The number of Topliss-reactive ketones (excluding diaryl/α,β-unsaturated/α-hetero) is 1. The van der Waals surface area contributed by atoms with E-state index in [0.717, 1.165) is 0 Å². The summed E-state index contributed by atoms with van der Waals surface area (Å²) in [6, 6.07) is 22.3. The van der Waals surface area contributed by atoms with Crippen molar-refractivity contribution in [3.8, 4) is 0 Å². The first kappa shape index (κ1) is 30.3. The average molecular weight is 579 g/mol. The summed E-state index contributed by atoms with van der Waals surface area (Å²) in [5.41, 5.74) is -1.11. The van der Waals surface area contributed by atoms with Crippen LogP contribution in [0.5, 0.6) is 0 Å². The first-order valence-electron chi connectivity index (χ1n) is 13.5. The van der Waals surface area contributed by atoms with E-state index in [0.29, 0.717) is 22.3 Å². The van der Waals surface area contributed by atoms with Crippen LogP contribution in [0.4, 0.5) is 0 Å². The number of rotatable bonds is 13. The Balaban J connectivity index is 1.50. The summed E-state index contributed by atoms with van der Waals surface area (Å²) in [6.45, 7) is 2.65. The highest BCUT2D eigenvalue weighted by Crippen LogP contribution is 2.42. The molecule has 4 N–H and O–H groups in total. The fourth-order valence-electron chi connectivity index (χ4n) is 4.67. The standard InChI is InChI=1S/C31H35N2O7P/c1-21(2)17-26(28(36)31(19-35)20-40-31)32-30(38)27(18-34)33-29(37)22-13-15-25(16-14-22)41(39,23-9-5-3-6-10-23)24-11-7-4-8-12-24/h3-16,21,26-27,34-35H,17-20H2,1-2H3,(H,32,38)(H,33,37)/t26?,27-,31?/m0/s1. The van der Waals surface area contributed by atoms with Crippen molar-refractivity contribution in [2.24, 2.45) is 5.92 Å². The molecular formula is C31H35N2O7P. The van der Waals surface area contributed by atoms with Gasteiger partial charge in [0.15, 0.2) is 18.5 Å². The Bertz CT molecular complexity index is 1360. The molecule has 2 amide bonds. The number of carbonyl (C=O) groups is 3. The molecule has 1 aliphatic rings. The number of epoxide rings is 1. The summed E-state index contributed by atoms with van der Waals surface area (Å²) in [7, 11) is -3.22. The molecule has 0 bridgehead atoms. The molecule has 3 aromatic carbocycles. The number of aliphatic hydroxyl groups is 2. The number of hydrogen-bond acceptors (Lipinski definition) is 7. The summed E-state index contributed by atoms with van der Waals surface area (Å²) in [5.74, 6) is -1.75. The topological polar surface area (TPSA) is 145 Å². The Morgan fingerprint density at radius 3 is 1.78 bits per heavy atom. The minimum atomic E-state index is -3.22. The molecule has 1 saturated heterocycles. The molecule has 9 nitrogen and oxygen atoms in total. The average Bonchev–Trinajstić information content (AvgIpc) is 3.80. The van der Waals surface area contributed by atoms with Crippen molar-refractivity contribution in [3.05, 3.63) is 90.5 Å². The second kappa shape index (κ2) is 12.9. The highest BCUT2D eigenvalue weighted by molar-refractivity contribution is 7.85.